The molecule has 0 aromatic rings. The van der Waals surface area contributed by atoms with Crippen LogP contribution in [0.5, 0.6) is 0 Å². The standard InChI is InChI=1S/C14H23NO2/c1-14(2,3)13(16)17-12-5-4-8-15(10-12)9-11-6-7-11/h4-5,11-12H,6-10H2,1-3H3/t12-/m0/s1. The second-order valence-corrected chi connectivity index (χ2v) is 6.28. The molecule has 0 aromatic heterocycles. The van der Waals surface area contributed by atoms with Gasteiger partial charge in [0, 0.05) is 19.6 Å². The van der Waals surface area contributed by atoms with E-state index in [9.17, 15) is 4.79 Å². The fourth-order valence-corrected chi connectivity index (χ4v) is 1.96. The lowest BCUT2D eigenvalue weighted by Gasteiger charge is -2.30. The lowest BCUT2D eigenvalue weighted by molar-refractivity contribution is -0.157. The van der Waals surface area contributed by atoms with Gasteiger partial charge in [0.05, 0.1) is 5.41 Å². The van der Waals surface area contributed by atoms with Crippen LogP contribution in [0.25, 0.3) is 0 Å². The molecule has 96 valence electrons. The number of rotatable bonds is 3. The summed E-state index contributed by atoms with van der Waals surface area (Å²) in [6, 6.07) is 0. The van der Waals surface area contributed by atoms with Crippen molar-refractivity contribution in [3.05, 3.63) is 12.2 Å². The lowest BCUT2D eigenvalue weighted by Crippen LogP contribution is -2.40. The van der Waals surface area contributed by atoms with Gasteiger partial charge >= 0.3 is 5.97 Å². The van der Waals surface area contributed by atoms with Crippen molar-refractivity contribution in [3.63, 3.8) is 0 Å². The number of ether oxygens (including phenoxy) is 1. The molecule has 3 heteroatoms. The van der Waals surface area contributed by atoms with Crippen LogP contribution in [0.4, 0.5) is 0 Å². The molecule has 3 nitrogen and oxygen atoms in total. The largest absolute Gasteiger partial charge is 0.456 e. The zero-order valence-corrected chi connectivity index (χ0v) is 11.1. The van der Waals surface area contributed by atoms with Gasteiger partial charge < -0.3 is 4.74 Å². The molecule has 2 rings (SSSR count). The van der Waals surface area contributed by atoms with Gasteiger partial charge in [0.1, 0.15) is 6.10 Å². The summed E-state index contributed by atoms with van der Waals surface area (Å²) in [4.78, 5) is 14.2. The van der Waals surface area contributed by atoms with Gasteiger partial charge in [-0.3, -0.25) is 9.69 Å². The van der Waals surface area contributed by atoms with E-state index in [1.165, 1.54) is 12.8 Å². The first-order valence-electron chi connectivity index (χ1n) is 6.55. The van der Waals surface area contributed by atoms with E-state index in [1.807, 2.05) is 26.8 Å². The smallest absolute Gasteiger partial charge is 0.311 e. The summed E-state index contributed by atoms with van der Waals surface area (Å²) in [6.07, 6.45) is 6.81. The molecule has 0 bridgehead atoms. The van der Waals surface area contributed by atoms with Crippen LogP contribution < -0.4 is 0 Å². The Balaban J connectivity index is 1.82. The van der Waals surface area contributed by atoms with Crippen molar-refractivity contribution in [2.75, 3.05) is 19.6 Å². The molecule has 0 unspecified atom stereocenters. The topological polar surface area (TPSA) is 29.5 Å². The van der Waals surface area contributed by atoms with E-state index in [2.05, 4.69) is 11.0 Å². The quantitative estimate of drug-likeness (QED) is 0.557. The Hall–Kier alpha value is -0.830. The Morgan fingerprint density at radius 3 is 2.71 bits per heavy atom. The minimum Gasteiger partial charge on any atom is -0.456 e. The summed E-state index contributed by atoms with van der Waals surface area (Å²) in [5.74, 6) is 0.779. The molecule has 1 atom stereocenters. The molecule has 0 aromatic carbocycles. The normalized spacial score (nSPS) is 25.9. The van der Waals surface area contributed by atoms with E-state index in [-0.39, 0.29) is 12.1 Å². The monoisotopic (exact) mass is 237 g/mol. The van der Waals surface area contributed by atoms with E-state index in [4.69, 9.17) is 4.74 Å². The Morgan fingerprint density at radius 2 is 2.12 bits per heavy atom. The first-order valence-corrected chi connectivity index (χ1v) is 6.55. The van der Waals surface area contributed by atoms with Crippen molar-refractivity contribution in [2.45, 2.75) is 39.7 Å². The molecule has 1 aliphatic heterocycles. The molecule has 0 spiro atoms. The van der Waals surface area contributed by atoms with Gasteiger partial charge in [-0.05, 0) is 45.6 Å². The van der Waals surface area contributed by atoms with Crippen molar-refractivity contribution in [1.29, 1.82) is 0 Å². The minimum atomic E-state index is -0.410. The van der Waals surface area contributed by atoms with E-state index in [0.29, 0.717) is 0 Å². The molecular formula is C14H23NO2. The molecule has 1 fully saturated rings. The Labute approximate surface area is 104 Å². The number of carbonyl (C=O) groups is 1. The second kappa shape index (κ2) is 4.81. The number of hydrogen-bond donors (Lipinski definition) is 0. The molecule has 0 N–H and O–H groups in total. The molecular weight excluding hydrogens is 214 g/mol. The van der Waals surface area contributed by atoms with Gasteiger partial charge in [0.25, 0.3) is 0 Å². The number of esters is 1. The summed E-state index contributed by atoms with van der Waals surface area (Å²) in [6.45, 7) is 8.69. The van der Waals surface area contributed by atoms with Gasteiger partial charge in [-0.15, -0.1) is 0 Å². The van der Waals surface area contributed by atoms with Gasteiger partial charge in [0.2, 0.25) is 0 Å². The highest BCUT2D eigenvalue weighted by Crippen LogP contribution is 2.30. The predicted molar refractivity (Wildman–Crippen MR) is 67.6 cm³/mol. The zero-order chi connectivity index (χ0) is 12.5. The molecule has 1 aliphatic carbocycles. The van der Waals surface area contributed by atoms with Crippen molar-refractivity contribution < 1.29 is 9.53 Å². The first kappa shape index (κ1) is 12.6. The highest BCUT2D eigenvalue weighted by Gasteiger charge is 2.29. The van der Waals surface area contributed by atoms with Crippen molar-refractivity contribution in [3.8, 4) is 0 Å². The third-order valence-corrected chi connectivity index (χ3v) is 3.24. The number of nitrogens with zero attached hydrogens (tertiary/aromatic N) is 1. The average molecular weight is 237 g/mol. The van der Waals surface area contributed by atoms with Crippen LogP contribution in [0.1, 0.15) is 33.6 Å². The number of carbonyl (C=O) groups excluding carboxylic acids is 1. The van der Waals surface area contributed by atoms with E-state index in [0.717, 1.165) is 25.6 Å². The maximum absolute atomic E-state index is 11.8. The maximum atomic E-state index is 11.8. The van der Waals surface area contributed by atoms with Crippen LogP contribution in [-0.2, 0) is 9.53 Å². The Bertz CT molecular complexity index is 313. The zero-order valence-electron chi connectivity index (χ0n) is 11.1. The van der Waals surface area contributed by atoms with Crippen molar-refractivity contribution >= 4 is 5.97 Å². The predicted octanol–water partition coefficient (Wildman–Crippen LogP) is 2.23. The van der Waals surface area contributed by atoms with Gasteiger partial charge in [0.15, 0.2) is 0 Å². The third-order valence-electron chi connectivity index (χ3n) is 3.24. The van der Waals surface area contributed by atoms with E-state index in [1.54, 1.807) is 0 Å². The van der Waals surface area contributed by atoms with Gasteiger partial charge in [-0.25, -0.2) is 0 Å². The van der Waals surface area contributed by atoms with Crippen molar-refractivity contribution in [1.82, 2.24) is 4.90 Å². The molecule has 0 saturated heterocycles. The molecule has 1 saturated carbocycles. The molecule has 0 radical (unpaired) electrons. The van der Waals surface area contributed by atoms with Gasteiger partial charge in [-0.1, -0.05) is 6.08 Å². The highest BCUT2D eigenvalue weighted by atomic mass is 16.5. The van der Waals surface area contributed by atoms with Gasteiger partial charge in [-0.2, -0.15) is 0 Å². The summed E-state index contributed by atoms with van der Waals surface area (Å²) >= 11 is 0. The Kier molecular flexibility index (Phi) is 3.57. The SMILES string of the molecule is CC(C)(C)C(=O)O[C@H]1C=CCN(CC2CC2)C1. The summed E-state index contributed by atoms with van der Waals surface area (Å²) in [5, 5.41) is 0. The fourth-order valence-electron chi connectivity index (χ4n) is 1.96. The minimum absolute atomic E-state index is 0.0609. The molecule has 0 amide bonds. The van der Waals surface area contributed by atoms with Crippen LogP contribution in [0.15, 0.2) is 12.2 Å². The van der Waals surface area contributed by atoms with E-state index < -0.39 is 5.41 Å². The summed E-state index contributed by atoms with van der Waals surface area (Å²) in [7, 11) is 0. The molecule has 1 heterocycles. The van der Waals surface area contributed by atoms with Crippen LogP contribution in [0.3, 0.4) is 0 Å². The lowest BCUT2D eigenvalue weighted by atomic mass is 9.97. The van der Waals surface area contributed by atoms with E-state index >= 15 is 0 Å². The summed E-state index contributed by atoms with van der Waals surface area (Å²) in [5.41, 5.74) is -0.410. The Morgan fingerprint density at radius 1 is 1.41 bits per heavy atom. The first-order chi connectivity index (χ1) is 7.95. The third kappa shape index (κ3) is 3.84. The average Bonchev–Trinajstić information content (AvgIpc) is 3.00. The maximum Gasteiger partial charge on any atom is 0.311 e. The number of hydrogen-bond acceptors (Lipinski definition) is 3. The van der Waals surface area contributed by atoms with Crippen LogP contribution in [-0.4, -0.2) is 36.6 Å². The van der Waals surface area contributed by atoms with Crippen LogP contribution >= 0.6 is 0 Å². The molecule has 17 heavy (non-hydrogen) atoms. The van der Waals surface area contributed by atoms with Crippen molar-refractivity contribution in [2.24, 2.45) is 11.3 Å². The fraction of sp³-hybridized carbons (Fsp3) is 0.786. The molecule has 2 aliphatic rings. The van der Waals surface area contributed by atoms with Crippen LogP contribution in [0, 0.1) is 11.3 Å². The second-order valence-electron chi connectivity index (χ2n) is 6.28. The highest BCUT2D eigenvalue weighted by molar-refractivity contribution is 5.75. The van der Waals surface area contributed by atoms with Crippen LogP contribution in [0.2, 0.25) is 0 Å². The summed E-state index contributed by atoms with van der Waals surface area (Å²) < 4.78 is 5.52.